The molecular formula is C19H34O. The van der Waals surface area contributed by atoms with Gasteiger partial charge in [-0.3, -0.25) is 0 Å². The molecular weight excluding hydrogens is 244 g/mol. The van der Waals surface area contributed by atoms with Crippen molar-refractivity contribution in [2.75, 3.05) is 13.7 Å². The van der Waals surface area contributed by atoms with Gasteiger partial charge in [-0.15, -0.1) is 0 Å². The Hall–Kier alpha value is -0.300. The molecule has 0 unspecified atom stereocenters. The molecule has 1 heteroatoms. The molecule has 2 rings (SSSR count). The van der Waals surface area contributed by atoms with E-state index in [1.54, 1.807) is 7.11 Å². The van der Waals surface area contributed by atoms with Gasteiger partial charge < -0.3 is 4.74 Å². The molecule has 2 fully saturated rings. The second-order valence-corrected chi connectivity index (χ2v) is 7.13. The number of hydrogen-bond donors (Lipinski definition) is 0. The fourth-order valence-corrected chi connectivity index (χ4v) is 4.51. The molecule has 116 valence electrons. The maximum atomic E-state index is 5.09. The van der Waals surface area contributed by atoms with Crippen LogP contribution in [0.25, 0.3) is 0 Å². The monoisotopic (exact) mass is 278 g/mol. The molecule has 0 heterocycles. The van der Waals surface area contributed by atoms with E-state index >= 15 is 0 Å². The van der Waals surface area contributed by atoms with Crippen LogP contribution in [0.4, 0.5) is 0 Å². The van der Waals surface area contributed by atoms with Crippen molar-refractivity contribution in [3.8, 4) is 0 Å². The lowest BCUT2D eigenvalue weighted by molar-refractivity contribution is 0.152. The van der Waals surface area contributed by atoms with Crippen LogP contribution in [0.2, 0.25) is 0 Å². The summed E-state index contributed by atoms with van der Waals surface area (Å²) in [5.74, 6) is 4.00. The van der Waals surface area contributed by atoms with Crippen LogP contribution < -0.4 is 0 Å². The summed E-state index contributed by atoms with van der Waals surface area (Å²) in [7, 11) is 1.77. The van der Waals surface area contributed by atoms with Crippen LogP contribution in [0.5, 0.6) is 0 Å². The van der Waals surface area contributed by atoms with Crippen LogP contribution in [-0.2, 0) is 4.74 Å². The summed E-state index contributed by atoms with van der Waals surface area (Å²) in [5.41, 5.74) is 0. The van der Waals surface area contributed by atoms with Gasteiger partial charge in [0.05, 0.1) is 6.61 Å². The van der Waals surface area contributed by atoms with E-state index in [9.17, 15) is 0 Å². The smallest absolute Gasteiger partial charge is 0.0643 e. The average Bonchev–Trinajstić information content (AvgIpc) is 2.49. The summed E-state index contributed by atoms with van der Waals surface area (Å²) in [4.78, 5) is 0. The van der Waals surface area contributed by atoms with Gasteiger partial charge in [0.2, 0.25) is 0 Å². The minimum Gasteiger partial charge on any atom is -0.381 e. The largest absolute Gasteiger partial charge is 0.381 e. The topological polar surface area (TPSA) is 9.23 Å². The Kier molecular flexibility index (Phi) is 7.13. The molecule has 20 heavy (non-hydrogen) atoms. The third kappa shape index (κ3) is 4.91. The van der Waals surface area contributed by atoms with E-state index in [1.807, 2.05) is 0 Å². The molecule has 0 atom stereocenters. The van der Waals surface area contributed by atoms with E-state index in [1.165, 1.54) is 64.2 Å². The van der Waals surface area contributed by atoms with Gasteiger partial charge in [0.1, 0.15) is 0 Å². The van der Waals surface area contributed by atoms with Crippen molar-refractivity contribution in [2.24, 2.45) is 23.7 Å². The van der Waals surface area contributed by atoms with Gasteiger partial charge in [0.25, 0.3) is 0 Å². The van der Waals surface area contributed by atoms with Crippen LogP contribution in [-0.4, -0.2) is 13.7 Å². The molecule has 0 spiro atoms. The lowest BCUT2D eigenvalue weighted by atomic mass is 9.69. The minimum absolute atomic E-state index is 0.779. The summed E-state index contributed by atoms with van der Waals surface area (Å²) >= 11 is 0. The molecule has 1 nitrogen and oxygen atoms in total. The highest BCUT2D eigenvalue weighted by molar-refractivity contribution is 4.92. The van der Waals surface area contributed by atoms with Crippen LogP contribution in [0, 0.1) is 23.7 Å². The third-order valence-electron chi connectivity index (χ3n) is 5.74. The van der Waals surface area contributed by atoms with E-state index in [0.29, 0.717) is 0 Å². The van der Waals surface area contributed by atoms with Crippen molar-refractivity contribution in [1.29, 1.82) is 0 Å². The Morgan fingerprint density at radius 3 is 2.05 bits per heavy atom. The molecule has 0 aliphatic heterocycles. The van der Waals surface area contributed by atoms with Crippen LogP contribution in [0.15, 0.2) is 12.2 Å². The van der Waals surface area contributed by atoms with Crippen molar-refractivity contribution in [2.45, 2.75) is 71.1 Å². The highest BCUT2D eigenvalue weighted by Crippen LogP contribution is 2.42. The summed E-state index contributed by atoms with van der Waals surface area (Å²) in [6.07, 6.45) is 19.4. The molecule has 0 bridgehead atoms. The van der Waals surface area contributed by atoms with E-state index in [0.717, 1.165) is 30.3 Å². The number of hydrogen-bond acceptors (Lipinski definition) is 1. The summed E-state index contributed by atoms with van der Waals surface area (Å²) < 4.78 is 5.09. The predicted octanol–water partition coefficient (Wildman–Crippen LogP) is 5.60. The lowest BCUT2D eigenvalue weighted by Crippen LogP contribution is -2.25. The Morgan fingerprint density at radius 2 is 1.50 bits per heavy atom. The second-order valence-electron chi connectivity index (χ2n) is 7.13. The second kappa shape index (κ2) is 8.87. The molecule has 0 aromatic carbocycles. The first kappa shape index (κ1) is 16.1. The van der Waals surface area contributed by atoms with Crippen LogP contribution >= 0.6 is 0 Å². The molecule has 2 aliphatic rings. The van der Waals surface area contributed by atoms with Crippen molar-refractivity contribution in [3.05, 3.63) is 12.2 Å². The Bertz CT molecular complexity index is 267. The van der Waals surface area contributed by atoms with Crippen LogP contribution in [0.1, 0.15) is 71.1 Å². The Morgan fingerprint density at radius 1 is 0.900 bits per heavy atom. The van der Waals surface area contributed by atoms with E-state index in [-0.39, 0.29) is 0 Å². The highest BCUT2D eigenvalue weighted by atomic mass is 16.5. The molecule has 0 radical (unpaired) electrons. The Labute approximate surface area is 126 Å². The number of rotatable bonds is 6. The van der Waals surface area contributed by atoms with Gasteiger partial charge in [0, 0.05) is 7.11 Å². The molecule has 0 aromatic rings. The van der Waals surface area contributed by atoms with E-state index in [4.69, 9.17) is 4.74 Å². The number of allylic oxidation sites excluding steroid dienone is 1. The first-order chi connectivity index (χ1) is 9.83. The van der Waals surface area contributed by atoms with Gasteiger partial charge >= 0.3 is 0 Å². The lowest BCUT2D eigenvalue weighted by Gasteiger charge is -2.37. The van der Waals surface area contributed by atoms with Crippen molar-refractivity contribution >= 4 is 0 Å². The predicted molar refractivity (Wildman–Crippen MR) is 86.8 cm³/mol. The molecule has 0 saturated heterocycles. The van der Waals surface area contributed by atoms with Gasteiger partial charge in [0.15, 0.2) is 0 Å². The zero-order chi connectivity index (χ0) is 14.2. The zero-order valence-corrected chi connectivity index (χ0v) is 13.7. The van der Waals surface area contributed by atoms with E-state index in [2.05, 4.69) is 19.1 Å². The fourth-order valence-electron chi connectivity index (χ4n) is 4.51. The first-order valence-corrected chi connectivity index (χ1v) is 8.99. The third-order valence-corrected chi connectivity index (χ3v) is 5.74. The standard InChI is InChI=1S/C19H34O/c1-3-5-16-7-11-18(12-8-16)19-13-9-17(10-14-19)6-4-15-20-2/h4,6,16-19H,3,5,7-15H2,1-2H3/t16-,17-,18-,19-. The summed E-state index contributed by atoms with van der Waals surface area (Å²) in [5, 5.41) is 0. The normalized spacial score (nSPS) is 35.5. The maximum Gasteiger partial charge on any atom is 0.0643 e. The van der Waals surface area contributed by atoms with Crippen LogP contribution in [0.3, 0.4) is 0 Å². The SMILES string of the molecule is CCC[C@H]1CC[C@H]([C@H]2CC[C@H](C=CCOC)CC2)CC1. The number of methoxy groups -OCH3 is 1. The first-order valence-electron chi connectivity index (χ1n) is 8.99. The minimum atomic E-state index is 0.779. The number of ether oxygens (including phenoxy) is 1. The molecule has 2 saturated carbocycles. The maximum absolute atomic E-state index is 5.09. The van der Waals surface area contributed by atoms with Gasteiger partial charge in [-0.05, 0) is 62.2 Å². The van der Waals surface area contributed by atoms with E-state index < -0.39 is 0 Å². The van der Waals surface area contributed by atoms with Crippen molar-refractivity contribution in [3.63, 3.8) is 0 Å². The quantitative estimate of drug-likeness (QED) is 0.574. The van der Waals surface area contributed by atoms with Gasteiger partial charge in [-0.1, -0.05) is 44.8 Å². The van der Waals surface area contributed by atoms with Crippen molar-refractivity contribution < 1.29 is 4.74 Å². The fraction of sp³-hybridized carbons (Fsp3) is 0.895. The van der Waals surface area contributed by atoms with Gasteiger partial charge in [-0.2, -0.15) is 0 Å². The average molecular weight is 278 g/mol. The summed E-state index contributed by atoms with van der Waals surface area (Å²) in [6, 6.07) is 0. The molecule has 0 aromatic heterocycles. The molecule has 0 amide bonds. The summed E-state index contributed by atoms with van der Waals surface area (Å²) in [6.45, 7) is 3.12. The van der Waals surface area contributed by atoms with Crippen molar-refractivity contribution in [1.82, 2.24) is 0 Å². The zero-order valence-electron chi connectivity index (χ0n) is 13.7. The molecule has 0 N–H and O–H groups in total. The Balaban J connectivity index is 1.67. The molecule has 2 aliphatic carbocycles. The highest BCUT2D eigenvalue weighted by Gasteiger charge is 2.29. The van der Waals surface area contributed by atoms with Gasteiger partial charge in [-0.25, -0.2) is 0 Å².